The van der Waals surface area contributed by atoms with Gasteiger partial charge < -0.3 is 0 Å². The average molecular weight is 224 g/mol. The number of carbonyl (C=O) groups excluding carboxylic acids is 1. The molecule has 0 atom stereocenters. The van der Waals surface area contributed by atoms with Gasteiger partial charge in [0.15, 0.2) is 5.78 Å². The Hall–Kier alpha value is -0.860. The molecule has 80 valence electrons. The van der Waals surface area contributed by atoms with Crippen LogP contribution in [0.15, 0.2) is 24.3 Å². The van der Waals surface area contributed by atoms with E-state index in [1.165, 1.54) is 12.8 Å². The van der Waals surface area contributed by atoms with Crippen LogP contribution in [0.5, 0.6) is 0 Å². The van der Waals surface area contributed by atoms with Crippen LogP contribution in [0.25, 0.3) is 0 Å². The summed E-state index contributed by atoms with van der Waals surface area (Å²) in [5.41, 5.74) is 0.743. The zero-order valence-corrected chi connectivity index (χ0v) is 9.50. The van der Waals surface area contributed by atoms with Crippen LogP contribution < -0.4 is 0 Å². The van der Waals surface area contributed by atoms with Crippen LogP contribution in [0.1, 0.15) is 23.2 Å². The molecule has 1 aromatic rings. The van der Waals surface area contributed by atoms with Gasteiger partial charge in [0.1, 0.15) is 0 Å². The van der Waals surface area contributed by atoms with Gasteiger partial charge in [-0.25, -0.2) is 0 Å². The minimum atomic E-state index is 0.168. The third-order valence-electron chi connectivity index (χ3n) is 2.73. The molecule has 0 aromatic heterocycles. The van der Waals surface area contributed by atoms with Crippen LogP contribution in [-0.2, 0) is 0 Å². The minimum absolute atomic E-state index is 0.168. The second-order valence-electron chi connectivity index (χ2n) is 4.08. The van der Waals surface area contributed by atoms with Crippen LogP contribution in [-0.4, -0.2) is 30.3 Å². The molecule has 0 spiro atoms. The SMILES string of the molecule is CN(CC(=O)c1ccc(Cl)cc1)C1CC1. The quantitative estimate of drug-likeness (QED) is 0.732. The maximum absolute atomic E-state index is 11.8. The van der Waals surface area contributed by atoms with Crippen molar-refractivity contribution in [2.24, 2.45) is 0 Å². The van der Waals surface area contributed by atoms with E-state index in [4.69, 9.17) is 11.6 Å². The van der Waals surface area contributed by atoms with Crippen molar-refractivity contribution in [3.05, 3.63) is 34.9 Å². The maximum atomic E-state index is 11.8. The zero-order valence-electron chi connectivity index (χ0n) is 8.74. The van der Waals surface area contributed by atoms with Crippen LogP contribution >= 0.6 is 11.6 Å². The first kappa shape index (κ1) is 10.7. The number of likely N-dealkylation sites (N-methyl/N-ethyl adjacent to an activating group) is 1. The maximum Gasteiger partial charge on any atom is 0.176 e. The molecule has 1 aromatic carbocycles. The summed E-state index contributed by atoms with van der Waals surface area (Å²) in [7, 11) is 2.01. The van der Waals surface area contributed by atoms with Gasteiger partial charge in [-0.1, -0.05) is 11.6 Å². The van der Waals surface area contributed by atoms with Gasteiger partial charge in [-0.05, 0) is 44.2 Å². The Kier molecular flexibility index (Phi) is 3.08. The molecule has 1 saturated carbocycles. The molecule has 0 N–H and O–H groups in total. The molecule has 0 heterocycles. The highest BCUT2D eigenvalue weighted by Gasteiger charge is 2.27. The van der Waals surface area contributed by atoms with Gasteiger partial charge >= 0.3 is 0 Å². The van der Waals surface area contributed by atoms with Crippen molar-refractivity contribution in [2.45, 2.75) is 18.9 Å². The molecule has 0 radical (unpaired) electrons. The van der Waals surface area contributed by atoms with Gasteiger partial charge in [0.2, 0.25) is 0 Å². The number of Topliss-reactive ketones (excluding diaryl/α,β-unsaturated/α-hetero) is 1. The fourth-order valence-corrected chi connectivity index (χ4v) is 1.72. The molecule has 1 aliphatic rings. The lowest BCUT2D eigenvalue weighted by atomic mass is 10.1. The lowest BCUT2D eigenvalue weighted by Crippen LogP contribution is -2.27. The monoisotopic (exact) mass is 223 g/mol. The molecule has 2 nitrogen and oxygen atoms in total. The van der Waals surface area contributed by atoms with Crippen molar-refractivity contribution in [2.75, 3.05) is 13.6 Å². The van der Waals surface area contributed by atoms with Gasteiger partial charge in [0, 0.05) is 16.6 Å². The lowest BCUT2D eigenvalue weighted by molar-refractivity contribution is 0.0942. The summed E-state index contributed by atoms with van der Waals surface area (Å²) in [5.74, 6) is 0.168. The molecule has 0 unspecified atom stereocenters. The number of hydrogen-bond acceptors (Lipinski definition) is 2. The summed E-state index contributed by atoms with van der Waals surface area (Å²) >= 11 is 5.76. The van der Waals surface area contributed by atoms with Crippen molar-refractivity contribution in [1.29, 1.82) is 0 Å². The normalized spacial score (nSPS) is 15.7. The summed E-state index contributed by atoms with van der Waals surface area (Å²) in [6.45, 7) is 0.506. The van der Waals surface area contributed by atoms with E-state index in [1.807, 2.05) is 7.05 Å². The first-order valence-electron chi connectivity index (χ1n) is 5.16. The molecule has 0 amide bonds. The second kappa shape index (κ2) is 4.33. The number of benzene rings is 1. The molecule has 3 heteroatoms. The molecule has 0 aliphatic heterocycles. The van der Waals surface area contributed by atoms with Crippen molar-refractivity contribution in [3.63, 3.8) is 0 Å². The Balaban J connectivity index is 1.97. The standard InChI is InChI=1S/C12H14ClNO/c1-14(11-6-7-11)8-12(15)9-2-4-10(13)5-3-9/h2-5,11H,6-8H2,1H3. The Morgan fingerprint density at radius 3 is 2.53 bits per heavy atom. The van der Waals surface area contributed by atoms with E-state index in [0.717, 1.165) is 5.56 Å². The average Bonchev–Trinajstić information content (AvgIpc) is 3.01. The highest BCUT2D eigenvalue weighted by molar-refractivity contribution is 6.30. The summed E-state index contributed by atoms with van der Waals surface area (Å²) in [4.78, 5) is 13.9. The van der Waals surface area contributed by atoms with Crippen LogP contribution in [0.2, 0.25) is 5.02 Å². The zero-order chi connectivity index (χ0) is 10.8. The van der Waals surface area contributed by atoms with Gasteiger partial charge in [-0.15, -0.1) is 0 Å². The molecular formula is C12H14ClNO. The predicted molar refractivity (Wildman–Crippen MR) is 61.4 cm³/mol. The molecular weight excluding hydrogens is 210 g/mol. The molecule has 15 heavy (non-hydrogen) atoms. The minimum Gasteiger partial charge on any atom is -0.296 e. The fraction of sp³-hybridized carbons (Fsp3) is 0.417. The smallest absolute Gasteiger partial charge is 0.176 e. The van der Waals surface area contributed by atoms with E-state index < -0.39 is 0 Å². The van der Waals surface area contributed by atoms with E-state index in [0.29, 0.717) is 17.6 Å². The molecule has 0 bridgehead atoms. The molecule has 1 aliphatic carbocycles. The Morgan fingerprint density at radius 2 is 2.00 bits per heavy atom. The van der Waals surface area contributed by atoms with Crippen molar-refractivity contribution < 1.29 is 4.79 Å². The molecule has 1 fully saturated rings. The number of halogens is 1. The van der Waals surface area contributed by atoms with Gasteiger partial charge in [-0.3, -0.25) is 9.69 Å². The third kappa shape index (κ3) is 2.80. The van der Waals surface area contributed by atoms with Crippen LogP contribution in [0.4, 0.5) is 0 Å². The number of ketones is 1. The summed E-state index contributed by atoms with van der Waals surface area (Å²) in [6.07, 6.45) is 2.45. The summed E-state index contributed by atoms with van der Waals surface area (Å²) in [6, 6.07) is 7.70. The van der Waals surface area contributed by atoms with E-state index in [9.17, 15) is 4.79 Å². The number of nitrogens with zero attached hydrogens (tertiary/aromatic N) is 1. The largest absolute Gasteiger partial charge is 0.296 e. The number of carbonyl (C=O) groups is 1. The number of hydrogen-bond donors (Lipinski definition) is 0. The first-order chi connectivity index (χ1) is 7.16. The highest BCUT2D eigenvalue weighted by atomic mass is 35.5. The fourth-order valence-electron chi connectivity index (χ4n) is 1.60. The second-order valence-corrected chi connectivity index (χ2v) is 4.51. The van der Waals surface area contributed by atoms with E-state index >= 15 is 0 Å². The lowest BCUT2D eigenvalue weighted by Gasteiger charge is -2.14. The van der Waals surface area contributed by atoms with E-state index in [-0.39, 0.29) is 5.78 Å². The van der Waals surface area contributed by atoms with E-state index in [1.54, 1.807) is 24.3 Å². The predicted octanol–water partition coefficient (Wildman–Crippen LogP) is 2.62. The third-order valence-corrected chi connectivity index (χ3v) is 2.98. The topological polar surface area (TPSA) is 20.3 Å². The van der Waals surface area contributed by atoms with Gasteiger partial charge in [0.25, 0.3) is 0 Å². The Morgan fingerprint density at radius 1 is 1.40 bits per heavy atom. The van der Waals surface area contributed by atoms with E-state index in [2.05, 4.69) is 4.90 Å². The summed E-state index contributed by atoms with van der Waals surface area (Å²) in [5, 5.41) is 0.669. The molecule has 2 rings (SSSR count). The van der Waals surface area contributed by atoms with Gasteiger partial charge in [0.05, 0.1) is 6.54 Å². The Bertz CT molecular complexity index is 356. The Labute approximate surface area is 94.8 Å². The number of rotatable bonds is 4. The summed E-state index contributed by atoms with van der Waals surface area (Å²) < 4.78 is 0. The first-order valence-corrected chi connectivity index (χ1v) is 5.53. The highest BCUT2D eigenvalue weighted by Crippen LogP contribution is 2.25. The van der Waals surface area contributed by atoms with Crippen molar-refractivity contribution >= 4 is 17.4 Å². The van der Waals surface area contributed by atoms with Crippen LogP contribution in [0, 0.1) is 0 Å². The van der Waals surface area contributed by atoms with Crippen molar-refractivity contribution in [1.82, 2.24) is 4.90 Å². The molecule has 0 saturated heterocycles. The van der Waals surface area contributed by atoms with Gasteiger partial charge in [-0.2, -0.15) is 0 Å². The van der Waals surface area contributed by atoms with Crippen molar-refractivity contribution in [3.8, 4) is 0 Å². The van der Waals surface area contributed by atoms with Crippen LogP contribution in [0.3, 0.4) is 0 Å².